The van der Waals surface area contributed by atoms with Crippen LogP contribution in [0, 0.1) is 0 Å². The van der Waals surface area contributed by atoms with E-state index in [9.17, 15) is 0 Å². The first-order valence-electron chi connectivity index (χ1n) is 2.83. The Morgan fingerprint density at radius 3 is 0.227 bits per heavy atom. The summed E-state index contributed by atoms with van der Waals surface area (Å²) >= 11 is 0. The molecule has 0 radical (unpaired) electrons. The molecular formula is B4Cd6O12. The van der Waals surface area contributed by atoms with Crippen LogP contribution in [-0.2, 0) is 164 Å². The van der Waals surface area contributed by atoms with E-state index in [1.54, 1.807) is 0 Å². The van der Waals surface area contributed by atoms with Gasteiger partial charge in [0.1, 0.15) is 0 Å². The molecule has 0 aromatic rings. The van der Waals surface area contributed by atoms with Crippen LogP contribution in [0.15, 0.2) is 0 Å². The SMILES string of the molecule is [Cd+2].[Cd+2].[Cd+2].[Cd+2].[Cd+2].[Cd+2].[O-]B([O-])[O-].[O-]B([O-])[O-].[O-]B([O-])[O-].[O-]B([O-])[O-]. The van der Waals surface area contributed by atoms with E-state index in [4.69, 9.17) is 60.3 Å². The molecule has 0 bridgehead atoms. The molecule has 0 fully saturated rings. The van der Waals surface area contributed by atoms with Crippen LogP contribution in [0.2, 0.25) is 0 Å². The molecular weight excluding hydrogens is 910 g/mol. The van der Waals surface area contributed by atoms with E-state index in [0.29, 0.717) is 0 Å². The van der Waals surface area contributed by atoms with Crippen molar-refractivity contribution in [3.8, 4) is 0 Å². The van der Waals surface area contributed by atoms with E-state index in [1.807, 2.05) is 0 Å². The Bertz CT molecular complexity index is 74.6. The molecule has 96 valence electrons. The fourth-order valence-corrected chi connectivity index (χ4v) is 0. The van der Waals surface area contributed by atoms with Gasteiger partial charge in [0.2, 0.25) is 0 Å². The van der Waals surface area contributed by atoms with Crippen LogP contribution in [0.1, 0.15) is 0 Å². The first kappa shape index (κ1) is 63.1. The molecule has 0 N–H and O–H groups in total. The smallest absolute Gasteiger partial charge is 0.907 e. The average molecular weight is 910 g/mol. The molecule has 0 heterocycles. The predicted octanol–water partition coefficient (Wildman–Crippen LogP) is -15.8. The second-order valence-corrected chi connectivity index (χ2v) is 1.15. The molecule has 0 aromatic heterocycles. The van der Waals surface area contributed by atoms with Crippen LogP contribution in [0.3, 0.4) is 0 Å². The van der Waals surface area contributed by atoms with Crippen LogP contribution in [0.5, 0.6) is 0 Å². The average Bonchev–Trinajstić information content (AvgIpc) is 1.76. The van der Waals surface area contributed by atoms with Gasteiger partial charge in [-0.3, -0.25) is 29.3 Å². The second-order valence-electron chi connectivity index (χ2n) is 1.15. The second kappa shape index (κ2) is 56.2. The molecule has 12 nitrogen and oxygen atoms in total. The van der Waals surface area contributed by atoms with Crippen molar-refractivity contribution in [3.05, 3.63) is 0 Å². The Balaban J connectivity index is -0.00000001000. The van der Waals surface area contributed by atoms with E-state index in [2.05, 4.69) is 0 Å². The summed E-state index contributed by atoms with van der Waals surface area (Å²) in [7, 11) is -11.7. The monoisotopic (exact) mass is 919 g/mol. The molecule has 0 unspecified atom stereocenters. The molecule has 0 amide bonds. The summed E-state index contributed by atoms with van der Waals surface area (Å²) in [6.45, 7) is 0. The summed E-state index contributed by atoms with van der Waals surface area (Å²) in [4.78, 5) is 0. The van der Waals surface area contributed by atoms with E-state index in [1.165, 1.54) is 0 Å². The zero-order chi connectivity index (χ0) is 14.3. The van der Waals surface area contributed by atoms with Gasteiger partial charge in [0.05, 0.1) is 0 Å². The minimum Gasteiger partial charge on any atom is -0.907 e. The third-order valence-corrected chi connectivity index (χ3v) is 0. The largest absolute Gasteiger partial charge is 2.00 e. The predicted molar refractivity (Wildman–Crippen MR) is 23.0 cm³/mol. The molecule has 0 aliphatic heterocycles. The van der Waals surface area contributed by atoms with Crippen LogP contribution >= 0.6 is 0 Å². The summed E-state index contributed by atoms with van der Waals surface area (Å²) in [5.74, 6) is 0. The van der Waals surface area contributed by atoms with Crippen LogP contribution in [0.4, 0.5) is 0 Å². The van der Waals surface area contributed by atoms with Crippen LogP contribution in [0.25, 0.3) is 0 Å². The molecule has 0 saturated heterocycles. The van der Waals surface area contributed by atoms with Crippen molar-refractivity contribution in [2.75, 3.05) is 0 Å². The zero-order valence-electron chi connectivity index (χ0n) is 11.5. The van der Waals surface area contributed by atoms with Crippen molar-refractivity contribution in [2.24, 2.45) is 0 Å². The van der Waals surface area contributed by atoms with Crippen molar-refractivity contribution in [1.82, 2.24) is 0 Å². The van der Waals surface area contributed by atoms with Gasteiger partial charge in [-0.15, -0.1) is 0 Å². The van der Waals surface area contributed by atoms with E-state index in [0.717, 1.165) is 0 Å². The van der Waals surface area contributed by atoms with Crippen molar-refractivity contribution in [3.63, 3.8) is 0 Å². The van der Waals surface area contributed by atoms with Gasteiger partial charge in [-0.2, -0.15) is 0 Å². The zero-order valence-corrected chi connectivity index (χ0v) is 35.7. The first-order chi connectivity index (χ1) is 6.93. The Labute approximate surface area is 248 Å². The van der Waals surface area contributed by atoms with Crippen molar-refractivity contribution >= 4 is 29.3 Å². The quantitative estimate of drug-likeness (QED) is 0.205. The standard InChI is InChI=1S/4BO3.6Cd/c4*2-1(3)4;;;;;;/q4*-3;6*+2. The molecule has 0 aromatic carbocycles. The minimum atomic E-state index is -2.92. The maximum absolute atomic E-state index is 8.42. The third-order valence-electron chi connectivity index (χ3n) is 0. The Morgan fingerprint density at radius 2 is 0.227 bits per heavy atom. The normalized spacial score (nSPS) is 4.91. The molecule has 0 atom stereocenters. The van der Waals surface area contributed by atoms with E-state index < -0.39 is 29.3 Å². The summed E-state index contributed by atoms with van der Waals surface area (Å²) in [5, 5.41) is 101. The maximum atomic E-state index is 8.42. The van der Waals surface area contributed by atoms with E-state index in [-0.39, 0.29) is 164 Å². The Kier molecular flexibility index (Phi) is 161. The maximum Gasteiger partial charge on any atom is 2.00 e. The van der Waals surface area contributed by atoms with Crippen LogP contribution < -0.4 is 60.3 Å². The summed E-state index contributed by atoms with van der Waals surface area (Å²) in [6, 6.07) is 0. The van der Waals surface area contributed by atoms with Crippen molar-refractivity contribution in [1.29, 1.82) is 0 Å². The molecule has 22 heavy (non-hydrogen) atoms. The molecule has 0 aliphatic carbocycles. The van der Waals surface area contributed by atoms with Gasteiger partial charge >= 0.3 is 164 Å². The van der Waals surface area contributed by atoms with Crippen molar-refractivity contribution < 1.29 is 224 Å². The number of hydrogen-bond donors (Lipinski definition) is 0. The van der Waals surface area contributed by atoms with Gasteiger partial charge in [-0.25, -0.2) is 0 Å². The molecule has 22 heteroatoms. The van der Waals surface area contributed by atoms with Crippen molar-refractivity contribution in [2.45, 2.75) is 0 Å². The number of rotatable bonds is 0. The van der Waals surface area contributed by atoms with Gasteiger partial charge < -0.3 is 60.3 Å². The van der Waals surface area contributed by atoms with Gasteiger partial charge in [0.25, 0.3) is 0 Å². The first-order valence-corrected chi connectivity index (χ1v) is 2.83. The summed E-state index contributed by atoms with van der Waals surface area (Å²) < 4.78 is 0. The molecule has 0 aliphatic rings. The fraction of sp³-hybridized carbons (Fsp3) is 0. The fourth-order valence-electron chi connectivity index (χ4n) is 0. The Hall–Kier alpha value is 5.31. The van der Waals surface area contributed by atoms with Gasteiger partial charge in [0.15, 0.2) is 0 Å². The van der Waals surface area contributed by atoms with Gasteiger partial charge in [-0.1, -0.05) is 0 Å². The van der Waals surface area contributed by atoms with Gasteiger partial charge in [-0.05, 0) is 0 Å². The summed E-state index contributed by atoms with van der Waals surface area (Å²) in [5.41, 5.74) is 0. The number of hydrogen-bond acceptors (Lipinski definition) is 12. The topological polar surface area (TPSA) is 277 Å². The molecule has 0 rings (SSSR count). The molecule has 0 spiro atoms. The minimum absolute atomic E-state index is 0. The summed E-state index contributed by atoms with van der Waals surface area (Å²) in [6.07, 6.45) is 0. The molecule has 0 saturated carbocycles. The van der Waals surface area contributed by atoms with Crippen LogP contribution in [-0.4, -0.2) is 29.3 Å². The van der Waals surface area contributed by atoms with E-state index >= 15 is 0 Å². The third kappa shape index (κ3) is 530. The van der Waals surface area contributed by atoms with Gasteiger partial charge in [0, 0.05) is 0 Å². The Morgan fingerprint density at radius 1 is 0.227 bits per heavy atom.